The van der Waals surface area contributed by atoms with E-state index in [9.17, 15) is 4.39 Å². The second kappa shape index (κ2) is 6.02. The van der Waals surface area contributed by atoms with Gasteiger partial charge in [-0.05, 0) is 43.3 Å². The lowest BCUT2D eigenvalue weighted by atomic mass is 10.1. The summed E-state index contributed by atoms with van der Waals surface area (Å²) in [5.41, 5.74) is 1.41. The molecule has 1 aromatic carbocycles. The first-order valence-electron chi connectivity index (χ1n) is 7.01. The zero-order chi connectivity index (χ0) is 13.9. The summed E-state index contributed by atoms with van der Waals surface area (Å²) < 4.78 is 15.2. The molecular formula is C16H19FN2S. The molecule has 1 atom stereocenters. The molecule has 2 heterocycles. The molecule has 0 amide bonds. The fourth-order valence-corrected chi connectivity index (χ4v) is 3.63. The minimum absolute atomic E-state index is 0.167. The largest absolute Gasteiger partial charge is 0.349 e. The van der Waals surface area contributed by atoms with Crippen LogP contribution in [0.1, 0.15) is 18.7 Å². The van der Waals surface area contributed by atoms with Gasteiger partial charge in [-0.15, -0.1) is 11.8 Å². The molecule has 4 heteroatoms. The summed E-state index contributed by atoms with van der Waals surface area (Å²) in [6, 6.07) is 11.6. The van der Waals surface area contributed by atoms with Crippen molar-refractivity contribution in [3.8, 4) is 0 Å². The van der Waals surface area contributed by atoms with Crippen molar-refractivity contribution in [2.24, 2.45) is 0 Å². The molecule has 0 aliphatic carbocycles. The highest BCUT2D eigenvalue weighted by molar-refractivity contribution is 7.99. The molecule has 1 aliphatic rings. The van der Waals surface area contributed by atoms with Gasteiger partial charge in [0, 0.05) is 48.2 Å². The molecule has 0 saturated heterocycles. The van der Waals surface area contributed by atoms with Crippen molar-refractivity contribution in [2.75, 3.05) is 18.8 Å². The Morgan fingerprint density at radius 1 is 1.20 bits per heavy atom. The lowest BCUT2D eigenvalue weighted by Crippen LogP contribution is -2.37. The Labute approximate surface area is 123 Å². The number of benzene rings is 1. The van der Waals surface area contributed by atoms with Crippen LogP contribution in [0.5, 0.6) is 0 Å². The van der Waals surface area contributed by atoms with Crippen LogP contribution in [-0.2, 0) is 6.54 Å². The van der Waals surface area contributed by atoms with Crippen LogP contribution in [0.3, 0.4) is 0 Å². The normalized spacial score (nSPS) is 19.0. The van der Waals surface area contributed by atoms with E-state index in [0.717, 1.165) is 30.3 Å². The third-order valence-corrected chi connectivity index (χ3v) is 4.92. The maximum atomic E-state index is 12.8. The summed E-state index contributed by atoms with van der Waals surface area (Å²) in [6.07, 6.45) is 2.16. The SMILES string of the molecule is CC1c2cccn2CCN1CCSc1ccc(F)cc1. The Morgan fingerprint density at radius 2 is 2.00 bits per heavy atom. The highest BCUT2D eigenvalue weighted by Gasteiger charge is 2.22. The molecule has 106 valence electrons. The number of halogens is 1. The quantitative estimate of drug-likeness (QED) is 0.792. The average Bonchev–Trinajstić information content (AvgIpc) is 2.93. The summed E-state index contributed by atoms with van der Waals surface area (Å²) in [7, 11) is 0. The molecule has 0 N–H and O–H groups in total. The zero-order valence-electron chi connectivity index (χ0n) is 11.6. The van der Waals surface area contributed by atoms with Crippen molar-refractivity contribution in [3.05, 3.63) is 54.1 Å². The van der Waals surface area contributed by atoms with Gasteiger partial charge in [0.1, 0.15) is 5.82 Å². The number of rotatable bonds is 4. The number of fused-ring (bicyclic) bond motifs is 1. The molecule has 1 aliphatic heterocycles. The van der Waals surface area contributed by atoms with E-state index in [1.807, 2.05) is 12.1 Å². The van der Waals surface area contributed by atoms with Crippen LogP contribution in [0.15, 0.2) is 47.5 Å². The summed E-state index contributed by atoms with van der Waals surface area (Å²) in [5, 5.41) is 0. The van der Waals surface area contributed by atoms with Crippen molar-refractivity contribution in [1.82, 2.24) is 9.47 Å². The molecule has 1 unspecified atom stereocenters. The Morgan fingerprint density at radius 3 is 2.80 bits per heavy atom. The van der Waals surface area contributed by atoms with Gasteiger partial charge in [-0.1, -0.05) is 0 Å². The van der Waals surface area contributed by atoms with Crippen molar-refractivity contribution in [2.45, 2.75) is 24.4 Å². The van der Waals surface area contributed by atoms with E-state index in [1.54, 1.807) is 11.8 Å². The molecule has 3 rings (SSSR count). The van der Waals surface area contributed by atoms with Gasteiger partial charge in [0.15, 0.2) is 0 Å². The van der Waals surface area contributed by atoms with Crippen molar-refractivity contribution < 1.29 is 4.39 Å². The van der Waals surface area contributed by atoms with Gasteiger partial charge >= 0.3 is 0 Å². The molecule has 2 nitrogen and oxygen atoms in total. The van der Waals surface area contributed by atoms with Gasteiger partial charge in [0.2, 0.25) is 0 Å². The molecule has 0 saturated carbocycles. The van der Waals surface area contributed by atoms with Crippen LogP contribution < -0.4 is 0 Å². The van der Waals surface area contributed by atoms with Gasteiger partial charge in [-0.2, -0.15) is 0 Å². The molecular weight excluding hydrogens is 271 g/mol. The minimum Gasteiger partial charge on any atom is -0.349 e. The number of hydrogen-bond acceptors (Lipinski definition) is 2. The maximum absolute atomic E-state index is 12.8. The van der Waals surface area contributed by atoms with Crippen molar-refractivity contribution in [1.29, 1.82) is 0 Å². The van der Waals surface area contributed by atoms with E-state index in [0.29, 0.717) is 6.04 Å². The topological polar surface area (TPSA) is 8.17 Å². The molecule has 0 spiro atoms. The van der Waals surface area contributed by atoms with E-state index in [1.165, 1.54) is 17.8 Å². The molecule has 1 aromatic heterocycles. The summed E-state index contributed by atoms with van der Waals surface area (Å²) in [5.74, 6) is 0.871. The van der Waals surface area contributed by atoms with Gasteiger partial charge < -0.3 is 4.57 Å². The monoisotopic (exact) mass is 290 g/mol. The van der Waals surface area contributed by atoms with E-state index in [4.69, 9.17) is 0 Å². The van der Waals surface area contributed by atoms with E-state index in [2.05, 4.69) is 34.7 Å². The van der Waals surface area contributed by atoms with Gasteiger partial charge in [-0.25, -0.2) is 4.39 Å². The number of hydrogen-bond donors (Lipinski definition) is 0. The molecule has 2 aromatic rings. The second-order valence-corrected chi connectivity index (χ2v) is 6.31. The fraction of sp³-hybridized carbons (Fsp3) is 0.375. The van der Waals surface area contributed by atoms with E-state index < -0.39 is 0 Å². The number of thioether (sulfide) groups is 1. The Balaban J connectivity index is 1.53. The summed E-state index contributed by atoms with van der Waals surface area (Å²) in [6.45, 7) is 5.52. The molecule has 0 bridgehead atoms. The smallest absolute Gasteiger partial charge is 0.123 e. The summed E-state index contributed by atoms with van der Waals surface area (Å²) in [4.78, 5) is 3.66. The third kappa shape index (κ3) is 2.91. The highest BCUT2D eigenvalue weighted by Crippen LogP contribution is 2.26. The van der Waals surface area contributed by atoms with Crippen LogP contribution in [-0.4, -0.2) is 28.3 Å². The van der Waals surface area contributed by atoms with Gasteiger partial charge in [-0.3, -0.25) is 4.90 Å². The predicted octanol–water partition coefficient (Wildman–Crippen LogP) is 3.80. The second-order valence-electron chi connectivity index (χ2n) is 5.14. The first kappa shape index (κ1) is 13.7. The van der Waals surface area contributed by atoms with Crippen molar-refractivity contribution >= 4 is 11.8 Å². The maximum Gasteiger partial charge on any atom is 0.123 e. The first-order valence-corrected chi connectivity index (χ1v) is 8.00. The third-order valence-electron chi connectivity index (χ3n) is 3.93. The van der Waals surface area contributed by atoms with E-state index >= 15 is 0 Å². The van der Waals surface area contributed by atoms with Gasteiger partial charge in [0.25, 0.3) is 0 Å². The average molecular weight is 290 g/mol. The van der Waals surface area contributed by atoms with Crippen LogP contribution in [0.2, 0.25) is 0 Å². The zero-order valence-corrected chi connectivity index (χ0v) is 12.4. The minimum atomic E-state index is -0.167. The fourth-order valence-electron chi connectivity index (χ4n) is 2.74. The highest BCUT2D eigenvalue weighted by atomic mass is 32.2. The van der Waals surface area contributed by atoms with Crippen LogP contribution >= 0.6 is 11.8 Å². The molecule has 0 radical (unpaired) electrons. The standard InChI is InChI=1S/C16H19FN2S/c1-13-16-3-2-8-19(16)10-9-18(13)11-12-20-15-6-4-14(17)5-7-15/h2-8,13H,9-12H2,1H3. The van der Waals surface area contributed by atoms with Crippen LogP contribution in [0, 0.1) is 5.82 Å². The Kier molecular flexibility index (Phi) is 4.13. The summed E-state index contributed by atoms with van der Waals surface area (Å²) >= 11 is 1.79. The molecule has 0 fully saturated rings. The number of nitrogens with zero attached hydrogens (tertiary/aromatic N) is 2. The van der Waals surface area contributed by atoms with E-state index in [-0.39, 0.29) is 5.82 Å². The van der Waals surface area contributed by atoms with Crippen LogP contribution in [0.25, 0.3) is 0 Å². The Bertz CT molecular complexity index is 564. The molecule has 20 heavy (non-hydrogen) atoms. The van der Waals surface area contributed by atoms with Gasteiger partial charge in [0.05, 0.1) is 0 Å². The first-order chi connectivity index (χ1) is 9.74. The lowest BCUT2D eigenvalue weighted by molar-refractivity contribution is 0.180. The predicted molar refractivity (Wildman–Crippen MR) is 81.5 cm³/mol. The lowest BCUT2D eigenvalue weighted by Gasteiger charge is -2.34. The van der Waals surface area contributed by atoms with Crippen LogP contribution in [0.4, 0.5) is 4.39 Å². The number of aromatic nitrogens is 1. The van der Waals surface area contributed by atoms with Crippen molar-refractivity contribution in [3.63, 3.8) is 0 Å². The Hall–Kier alpha value is -1.26.